The SMILES string of the molecule is CC(C)(SCC1(O)CCCCC1)C(=O)O. The fourth-order valence-corrected chi connectivity index (χ4v) is 2.77. The van der Waals surface area contributed by atoms with Crippen molar-refractivity contribution in [3.63, 3.8) is 0 Å². The fourth-order valence-electron chi connectivity index (χ4n) is 1.73. The zero-order valence-electron chi connectivity index (χ0n) is 9.45. The van der Waals surface area contributed by atoms with E-state index in [4.69, 9.17) is 5.11 Å². The summed E-state index contributed by atoms with van der Waals surface area (Å²) in [6.45, 7) is 3.37. The molecule has 0 bridgehead atoms. The third-order valence-corrected chi connectivity index (χ3v) is 4.58. The van der Waals surface area contributed by atoms with Crippen LogP contribution in [0.3, 0.4) is 0 Å². The van der Waals surface area contributed by atoms with Crippen molar-refractivity contribution >= 4 is 17.7 Å². The van der Waals surface area contributed by atoms with Crippen LogP contribution in [-0.4, -0.2) is 32.3 Å². The van der Waals surface area contributed by atoms with Gasteiger partial charge in [0.25, 0.3) is 0 Å². The van der Waals surface area contributed by atoms with E-state index in [-0.39, 0.29) is 0 Å². The van der Waals surface area contributed by atoms with E-state index in [1.54, 1.807) is 13.8 Å². The van der Waals surface area contributed by atoms with Crippen molar-refractivity contribution in [1.29, 1.82) is 0 Å². The van der Waals surface area contributed by atoms with E-state index in [1.807, 2.05) is 0 Å². The van der Waals surface area contributed by atoms with Gasteiger partial charge in [-0.3, -0.25) is 4.79 Å². The molecule has 0 atom stereocenters. The molecule has 15 heavy (non-hydrogen) atoms. The summed E-state index contributed by atoms with van der Waals surface area (Å²) in [5.41, 5.74) is -0.629. The number of carboxylic acids is 1. The molecule has 0 radical (unpaired) electrons. The van der Waals surface area contributed by atoms with Crippen LogP contribution < -0.4 is 0 Å². The molecule has 88 valence electrons. The minimum atomic E-state index is -0.813. The van der Waals surface area contributed by atoms with E-state index in [0.717, 1.165) is 25.7 Å². The van der Waals surface area contributed by atoms with Crippen molar-refractivity contribution in [1.82, 2.24) is 0 Å². The molecule has 0 saturated heterocycles. The van der Waals surface area contributed by atoms with E-state index in [9.17, 15) is 9.90 Å². The number of hydrogen-bond acceptors (Lipinski definition) is 3. The predicted molar refractivity (Wildman–Crippen MR) is 62.2 cm³/mol. The molecule has 3 nitrogen and oxygen atoms in total. The summed E-state index contributed by atoms with van der Waals surface area (Å²) < 4.78 is -0.798. The summed E-state index contributed by atoms with van der Waals surface area (Å²) in [5.74, 6) is -0.279. The highest BCUT2D eigenvalue weighted by Crippen LogP contribution is 2.35. The molecule has 1 aliphatic rings. The Morgan fingerprint density at radius 3 is 2.33 bits per heavy atom. The van der Waals surface area contributed by atoms with Crippen LogP contribution in [0.25, 0.3) is 0 Å². The van der Waals surface area contributed by atoms with Crippen molar-refractivity contribution in [2.45, 2.75) is 56.3 Å². The van der Waals surface area contributed by atoms with Crippen LogP contribution in [0.2, 0.25) is 0 Å². The summed E-state index contributed by atoms with van der Waals surface area (Å²) >= 11 is 1.34. The van der Waals surface area contributed by atoms with Crippen LogP contribution in [0.4, 0.5) is 0 Å². The molecule has 1 fully saturated rings. The Morgan fingerprint density at radius 2 is 1.87 bits per heavy atom. The van der Waals surface area contributed by atoms with E-state index >= 15 is 0 Å². The number of aliphatic hydroxyl groups is 1. The molecule has 1 aliphatic carbocycles. The second kappa shape index (κ2) is 4.74. The Kier molecular flexibility index (Phi) is 4.06. The zero-order valence-corrected chi connectivity index (χ0v) is 10.3. The van der Waals surface area contributed by atoms with Gasteiger partial charge in [-0.2, -0.15) is 0 Å². The average molecular weight is 232 g/mol. The Bertz CT molecular complexity index is 232. The minimum Gasteiger partial charge on any atom is -0.480 e. The molecule has 0 aromatic rings. The number of hydrogen-bond donors (Lipinski definition) is 2. The summed E-state index contributed by atoms with van der Waals surface area (Å²) in [7, 11) is 0. The van der Waals surface area contributed by atoms with Crippen molar-refractivity contribution in [2.75, 3.05) is 5.75 Å². The molecule has 0 aliphatic heterocycles. The Labute approximate surface area is 95.3 Å². The van der Waals surface area contributed by atoms with Gasteiger partial charge in [0.2, 0.25) is 0 Å². The quantitative estimate of drug-likeness (QED) is 0.780. The van der Waals surface area contributed by atoms with Gasteiger partial charge < -0.3 is 10.2 Å². The van der Waals surface area contributed by atoms with Crippen LogP contribution >= 0.6 is 11.8 Å². The monoisotopic (exact) mass is 232 g/mol. The Hall–Kier alpha value is -0.220. The molecule has 0 spiro atoms. The van der Waals surface area contributed by atoms with E-state index < -0.39 is 16.3 Å². The van der Waals surface area contributed by atoms with Crippen LogP contribution in [0, 0.1) is 0 Å². The van der Waals surface area contributed by atoms with Gasteiger partial charge in [0, 0.05) is 5.75 Å². The highest BCUT2D eigenvalue weighted by atomic mass is 32.2. The van der Waals surface area contributed by atoms with E-state index in [0.29, 0.717) is 5.75 Å². The lowest BCUT2D eigenvalue weighted by Gasteiger charge is -2.33. The van der Waals surface area contributed by atoms with Gasteiger partial charge in [0.15, 0.2) is 0 Å². The third-order valence-electron chi connectivity index (χ3n) is 3.00. The molecule has 1 saturated carbocycles. The van der Waals surface area contributed by atoms with Crippen molar-refractivity contribution < 1.29 is 15.0 Å². The first-order valence-corrected chi connectivity index (χ1v) is 6.44. The lowest BCUT2D eigenvalue weighted by Crippen LogP contribution is -2.37. The zero-order chi connectivity index (χ0) is 11.5. The molecule has 2 N–H and O–H groups in total. The maximum Gasteiger partial charge on any atom is 0.319 e. The molecule has 0 aromatic heterocycles. The largest absolute Gasteiger partial charge is 0.480 e. The lowest BCUT2D eigenvalue weighted by molar-refractivity contribution is -0.138. The van der Waals surface area contributed by atoms with Gasteiger partial charge in [-0.15, -0.1) is 11.8 Å². The molecular formula is C11H20O3S. The summed E-state index contributed by atoms with van der Waals surface area (Å²) in [6, 6.07) is 0. The molecule has 0 unspecified atom stereocenters. The molecule has 0 amide bonds. The van der Waals surface area contributed by atoms with E-state index in [2.05, 4.69) is 0 Å². The first kappa shape index (κ1) is 12.8. The second-order valence-corrected chi connectivity index (χ2v) is 6.49. The maximum absolute atomic E-state index is 10.9. The third kappa shape index (κ3) is 3.68. The van der Waals surface area contributed by atoms with Gasteiger partial charge in [0.05, 0.1) is 5.60 Å². The molecule has 1 rings (SSSR count). The molecule has 0 heterocycles. The normalized spacial score (nSPS) is 21.3. The van der Waals surface area contributed by atoms with Crippen molar-refractivity contribution in [3.05, 3.63) is 0 Å². The molecule has 4 heteroatoms. The summed E-state index contributed by atoms with van der Waals surface area (Å²) in [5, 5.41) is 19.2. The number of aliphatic carboxylic acids is 1. The Balaban J connectivity index is 2.44. The fraction of sp³-hybridized carbons (Fsp3) is 0.909. The standard InChI is InChI=1S/C11H20O3S/c1-10(2,9(12)13)15-8-11(14)6-4-3-5-7-11/h14H,3-8H2,1-2H3,(H,12,13). The number of carbonyl (C=O) groups is 1. The summed E-state index contributed by atoms with van der Waals surface area (Å²) in [6.07, 6.45) is 4.94. The predicted octanol–water partition coefficient (Wildman–Crippen LogP) is 2.28. The number of carboxylic acid groups (broad SMARTS) is 1. The van der Waals surface area contributed by atoms with Gasteiger partial charge in [-0.25, -0.2) is 0 Å². The van der Waals surface area contributed by atoms with E-state index in [1.165, 1.54) is 18.2 Å². The molecule has 0 aromatic carbocycles. The van der Waals surface area contributed by atoms with Gasteiger partial charge in [0.1, 0.15) is 4.75 Å². The second-order valence-electron chi connectivity index (χ2n) is 4.89. The first-order valence-electron chi connectivity index (χ1n) is 5.45. The highest BCUT2D eigenvalue weighted by Gasteiger charge is 2.35. The van der Waals surface area contributed by atoms with Crippen molar-refractivity contribution in [2.24, 2.45) is 0 Å². The van der Waals surface area contributed by atoms with Crippen LogP contribution in [0.15, 0.2) is 0 Å². The Morgan fingerprint density at radius 1 is 1.33 bits per heavy atom. The van der Waals surface area contributed by atoms with Crippen LogP contribution in [0.5, 0.6) is 0 Å². The van der Waals surface area contributed by atoms with Crippen LogP contribution in [-0.2, 0) is 4.79 Å². The topological polar surface area (TPSA) is 57.5 Å². The number of thioether (sulfide) groups is 1. The highest BCUT2D eigenvalue weighted by molar-refractivity contribution is 8.01. The van der Waals surface area contributed by atoms with Crippen LogP contribution in [0.1, 0.15) is 46.0 Å². The summed E-state index contributed by atoms with van der Waals surface area (Å²) in [4.78, 5) is 10.9. The van der Waals surface area contributed by atoms with Gasteiger partial charge in [-0.1, -0.05) is 19.3 Å². The number of rotatable bonds is 4. The smallest absolute Gasteiger partial charge is 0.319 e. The molecular weight excluding hydrogens is 212 g/mol. The van der Waals surface area contributed by atoms with Gasteiger partial charge in [-0.05, 0) is 26.7 Å². The average Bonchev–Trinajstić information content (AvgIpc) is 2.16. The minimum absolute atomic E-state index is 0.534. The van der Waals surface area contributed by atoms with Crippen molar-refractivity contribution in [3.8, 4) is 0 Å². The maximum atomic E-state index is 10.9. The lowest BCUT2D eigenvalue weighted by atomic mass is 9.86. The van der Waals surface area contributed by atoms with Gasteiger partial charge >= 0.3 is 5.97 Å². The first-order chi connectivity index (χ1) is 6.86.